The number of aryl methyl sites for hydroxylation is 1. The van der Waals surface area contributed by atoms with Crippen molar-refractivity contribution >= 4 is 44.9 Å². The van der Waals surface area contributed by atoms with Gasteiger partial charge in [-0.2, -0.15) is 5.10 Å². The summed E-state index contributed by atoms with van der Waals surface area (Å²) >= 11 is 1.28. The van der Waals surface area contributed by atoms with Gasteiger partial charge in [0.1, 0.15) is 10.6 Å². The molecule has 3 heterocycles. The van der Waals surface area contributed by atoms with E-state index in [-0.39, 0.29) is 11.8 Å². The minimum absolute atomic E-state index is 0.165. The molecule has 0 bridgehead atoms. The molecule has 5 rings (SSSR count). The summed E-state index contributed by atoms with van der Waals surface area (Å²) in [7, 11) is 0. The highest BCUT2D eigenvalue weighted by Crippen LogP contribution is 2.29. The molecule has 2 aromatic carbocycles. The van der Waals surface area contributed by atoms with E-state index in [9.17, 15) is 9.59 Å². The van der Waals surface area contributed by atoms with Gasteiger partial charge in [-0.15, -0.1) is 11.3 Å². The summed E-state index contributed by atoms with van der Waals surface area (Å²) in [5.74, 6) is 0.0736. The van der Waals surface area contributed by atoms with E-state index >= 15 is 0 Å². The second-order valence-corrected chi connectivity index (χ2v) is 9.17. The largest absolute Gasteiger partial charge is 0.378 e. The third-order valence-electron chi connectivity index (χ3n) is 5.92. The summed E-state index contributed by atoms with van der Waals surface area (Å²) < 4.78 is 5.39. The molecule has 1 fully saturated rings. The second kappa shape index (κ2) is 9.66. The monoisotopic (exact) mass is 475 g/mol. The number of H-pyrrole nitrogens is 1. The van der Waals surface area contributed by atoms with E-state index in [4.69, 9.17) is 4.74 Å². The van der Waals surface area contributed by atoms with Crippen LogP contribution in [0, 0.1) is 6.92 Å². The summed E-state index contributed by atoms with van der Waals surface area (Å²) in [6, 6.07) is 17.2. The molecule has 34 heavy (non-hydrogen) atoms. The number of aromatic nitrogens is 2. The van der Waals surface area contributed by atoms with Gasteiger partial charge in [-0.1, -0.05) is 24.3 Å². The molecule has 0 unspecified atom stereocenters. The van der Waals surface area contributed by atoms with Gasteiger partial charge in [0, 0.05) is 30.9 Å². The number of benzene rings is 2. The molecule has 8 nitrogen and oxygen atoms in total. The number of nitrogens with zero attached hydrogens (tertiary/aromatic N) is 2. The quantitative estimate of drug-likeness (QED) is 0.392. The van der Waals surface area contributed by atoms with Crippen LogP contribution in [0.5, 0.6) is 0 Å². The Kier molecular flexibility index (Phi) is 6.29. The Balaban J connectivity index is 1.25. The van der Waals surface area contributed by atoms with E-state index < -0.39 is 0 Å². The number of amides is 2. The van der Waals surface area contributed by atoms with Crippen molar-refractivity contribution in [2.45, 2.75) is 13.5 Å². The number of morpholine rings is 1. The number of rotatable bonds is 6. The Labute approximate surface area is 200 Å². The van der Waals surface area contributed by atoms with Crippen LogP contribution in [0.3, 0.4) is 0 Å². The molecule has 2 amide bonds. The lowest BCUT2D eigenvalue weighted by atomic mass is 10.1. The molecule has 1 saturated heterocycles. The number of hydrogen-bond donors (Lipinski definition) is 3. The molecular formula is C25H25N5O3S. The molecule has 0 saturated carbocycles. The highest BCUT2D eigenvalue weighted by molar-refractivity contribution is 7.20. The van der Waals surface area contributed by atoms with Crippen LogP contribution in [0.1, 0.15) is 31.2 Å². The van der Waals surface area contributed by atoms with Crippen LogP contribution >= 0.6 is 11.3 Å². The summed E-state index contributed by atoms with van der Waals surface area (Å²) in [4.78, 5) is 28.9. The zero-order valence-corrected chi connectivity index (χ0v) is 19.6. The average Bonchev–Trinajstić information content (AvgIpc) is 3.46. The average molecular weight is 476 g/mol. The van der Waals surface area contributed by atoms with Gasteiger partial charge in [0.25, 0.3) is 11.8 Å². The maximum absolute atomic E-state index is 12.8. The summed E-state index contributed by atoms with van der Waals surface area (Å²) in [6.07, 6.45) is 0. The molecule has 2 aromatic heterocycles. The van der Waals surface area contributed by atoms with Gasteiger partial charge in [0.05, 0.1) is 23.5 Å². The number of anilines is 2. The molecule has 1 aliphatic heterocycles. The van der Waals surface area contributed by atoms with Gasteiger partial charge in [-0.3, -0.25) is 14.7 Å². The molecule has 1 aliphatic rings. The number of nitrogens with one attached hydrogen (secondary N) is 3. The van der Waals surface area contributed by atoms with Crippen molar-refractivity contribution in [3.8, 4) is 0 Å². The molecule has 0 aliphatic carbocycles. The molecule has 4 aromatic rings. The minimum atomic E-state index is -0.240. The maximum Gasteiger partial charge on any atom is 0.261 e. The van der Waals surface area contributed by atoms with Crippen LogP contribution in [0.2, 0.25) is 0 Å². The first-order chi connectivity index (χ1) is 16.6. The number of fused-ring (bicyclic) bond motifs is 1. The second-order valence-electron chi connectivity index (χ2n) is 8.14. The van der Waals surface area contributed by atoms with Crippen molar-refractivity contribution in [2.24, 2.45) is 0 Å². The fourth-order valence-electron chi connectivity index (χ4n) is 3.92. The Morgan fingerprint density at radius 3 is 2.62 bits per heavy atom. The van der Waals surface area contributed by atoms with Gasteiger partial charge < -0.3 is 20.3 Å². The van der Waals surface area contributed by atoms with E-state index in [1.165, 1.54) is 11.3 Å². The van der Waals surface area contributed by atoms with Crippen molar-refractivity contribution in [3.63, 3.8) is 0 Å². The van der Waals surface area contributed by atoms with Gasteiger partial charge >= 0.3 is 0 Å². The Morgan fingerprint density at radius 1 is 1.09 bits per heavy atom. The number of aromatic amines is 1. The third kappa shape index (κ3) is 4.66. The van der Waals surface area contributed by atoms with Gasteiger partial charge in [0.2, 0.25) is 0 Å². The highest BCUT2D eigenvalue weighted by Gasteiger charge is 2.18. The summed E-state index contributed by atoms with van der Waals surface area (Å²) in [5.41, 5.74) is 3.83. The Bertz CT molecular complexity index is 1320. The van der Waals surface area contributed by atoms with E-state index in [1.807, 2.05) is 55.5 Å². The summed E-state index contributed by atoms with van der Waals surface area (Å²) in [5, 5.41) is 13.7. The lowest BCUT2D eigenvalue weighted by Crippen LogP contribution is -2.36. The number of ether oxygens (including phenoxy) is 1. The molecule has 0 atom stereocenters. The predicted molar refractivity (Wildman–Crippen MR) is 134 cm³/mol. The predicted octanol–water partition coefficient (Wildman–Crippen LogP) is 3.95. The van der Waals surface area contributed by atoms with Crippen molar-refractivity contribution in [1.82, 2.24) is 15.5 Å². The van der Waals surface area contributed by atoms with Gasteiger partial charge in [-0.25, -0.2) is 0 Å². The molecule has 9 heteroatoms. The highest BCUT2D eigenvalue weighted by atomic mass is 32.1. The zero-order valence-electron chi connectivity index (χ0n) is 18.8. The van der Waals surface area contributed by atoms with Crippen LogP contribution < -0.4 is 15.5 Å². The fraction of sp³-hybridized carbons (Fsp3) is 0.240. The smallest absolute Gasteiger partial charge is 0.261 e. The Hall–Kier alpha value is -3.69. The van der Waals surface area contributed by atoms with Crippen LogP contribution in [0.4, 0.5) is 11.5 Å². The fourth-order valence-corrected chi connectivity index (χ4v) is 4.83. The summed E-state index contributed by atoms with van der Waals surface area (Å²) in [6.45, 7) is 5.59. The first kappa shape index (κ1) is 22.1. The third-order valence-corrected chi connectivity index (χ3v) is 6.95. The van der Waals surface area contributed by atoms with Crippen LogP contribution in [-0.2, 0) is 11.3 Å². The van der Waals surface area contributed by atoms with E-state index in [0.29, 0.717) is 46.2 Å². The standard InChI is InChI=1S/C25H25N5O3S/c1-16-4-2-3-5-18(16)15-26-24(32)21-14-20-22(28-29-25(20)34-21)27-23(31)17-6-8-19(9-7-17)30-10-12-33-13-11-30/h2-9,14H,10-13,15H2,1H3,(H,26,32)(H2,27,28,29,31). The van der Waals surface area contributed by atoms with Crippen LogP contribution in [-0.4, -0.2) is 48.3 Å². The van der Waals surface area contributed by atoms with Crippen molar-refractivity contribution in [1.29, 1.82) is 0 Å². The topological polar surface area (TPSA) is 99.4 Å². The van der Waals surface area contributed by atoms with Gasteiger partial charge in [-0.05, 0) is 48.4 Å². The molecule has 0 spiro atoms. The van der Waals surface area contributed by atoms with Crippen molar-refractivity contribution in [2.75, 3.05) is 36.5 Å². The van der Waals surface area contributed by atoms with E-state index in [1.54, 1.807) is 6.07 Å². The molecule has 0 radical (unpaired) electrons. The van der Waals surface area contributed by atoms with Crippen LogP contribution in [0.15, 0.2) is 54.6 Å². The number of thiophene rings is 1. The lowest BCUT2D eigenvalue weighted by Gasteiger charge is -2.28. The van der Waals surface area contributed by atoms with Crippen molar-refractivity contribution in [3.05, 3.63) is 76.2 Å². The first-order valence-corrected chi connectivity index (χ1v) is 11.9. The number of hydrogen-bond acceptors (Lipinski definition) is 6. The number of carbonyl (C=O) groups excluding carboxylic acids is 2. The van der Waals surface area contributed by atoms with Gasteiger partial charge in [0.15, 0.2) is 0 Å². The zero-order chi connectivity index (χ0) is 23.5. The van der Waals surface area contributed by atoms with E-state index in [0.717, 1.165) is 29.9 Å². The maximum atomic E-state index is 12.8. The van der Waals surface area contributed by atoms with E-state index in [2.05, 4.69) is 25.7 Å². The SMILES string of the molecule is Cc1ccccc1CNC(=O)c1cc2c(NC(=O)c3ccc(N4CCOCC4)cc3)[nH]nc2s1. The molecular weight excluding hydrogens is 450 g/mol. The Morgan fingerprint density at radius 2 is 1.85 bits per heavy atom. The molecule has 174 valence electrons. The lowest BCUT2D eigenvalue weighted by molar-refractivity contribution is 0.0954. The molecule has 3 N–H and O–H groups in total. The minimum Gasteiger partial charge on any atom is -0.378 e. The normalized spacial score (nSPS) is 13.7. The van der Waals surface area contributed by atoms with Crippen molar-refractivity contribution < 1.29 is 14.3 Å². The van der Waals surface area contributed by atoms with Crippen LogP contribution in [0.25, 0.3) is 10.2 Å². The number of carbonyl (C=O) groups is 2. The first-order valence-electron chi connectivity index (χ1n) is 11.1.